The van der Waals surface area contributed by atoms with Gasteiger partial charge < -0.3 is 11.1 Å². The second kappa shape index (κ2) is 9.48. The van der Waals surface area contributed by atoms with Gasteiger partial charge in [0.25, 0.3) is 18.2 Å². The van der Waals surface area contributed by atoms with Crippen LogP contribution >= 0.6 is 27.3 Å². The minimum atomic E-state index is -4.81. The van der Waals surface area contributed by atoms with Gasteiger partial charge in [-0.1, -0.05) is 0 Å². The van der Waals surface area contributed by atoms with E-state index in [-0.39, 0.29) is 26.3 Å². The van der Waals surface area contributed by atoms with Gasteiger partial charge in [0.05, 0.1) is 15.9 Å². The number of aromatic nitrogens is 5. The lowest BCUT2D eigenvalue weighted by Crippen LogP contribution is -2.17. The molecule has 16 heteroatoms. The molecule has 0 bridgehead atoms. The van der Waals surface area contributed by atoms with Crippen LogP contribution in [0.2, 0.25) is 0 Å². The van der Waals surface area contributed by atoms with Crippen LogP contribution in [0.3, 0.4) is 0 Å². The molecule has 3 N–H and O–H groups in total. The fourth-order valence-corrected chi connectivity index (χ4v) is 5.56. The third-order valence-corrected chi connectivity index (χ3v) is 7.25. The number of aryl methyl sites for hydroxylation is 3. The predicted octanol–water partition coefficient (Wildman–Crippen LogP) is 5.29. The molecule has 0 aliphatic rings. The average Bonchev–Trinajstić information content (AvgIpc) is 3.45. The van der Waals surface area contributed by atoms with Gasteiger partial charge in [0.1, 0.15) is 15.4 Å². The maximum atomic E-state index is 13.7. The fourth-order valence-electron chi connectivity index (χ4n) is 3.80. The van der Waals surface area contributed by atoms with E-state index in [1.54, 1.807) is 17.8 Å². The van der Waals surface area contributed by atoms with Crippen LogP contribution in [0.15, 0.2) is 16.7 Å². The molecule has 196 valence electrons. The van der Waals surface area contributed by atoms with E-state index in [1.165, 1.54) is 0 Å². The van der Waals surface area contributed by atoms with Crippen molar-refractivity contribution < 1.29 is 31.5 Å². The van der Waals surface area contributed by atoms with E-state index in [2.05, 4.69) is 36.4 Å². The fraction of sp³-hybridized carbons (Fsp3) is 0.286. The van der Waals surface area contributed by atoms with Gasteiger partial charge in [0, 0.05) is 30.7 Å². The van der Waals surface area contributed by atoms with Crippen molar-refractivity contribution in [2.24, 2.45) is 12.8 Å². The normalized spacial score (nSPS) is 12.1. The summed E-state index contributed by atoms with van der Waals surface area (Å²) in [5.41, 5.74) is 4.01. The molecule has 4 aromatic heterocycles. The zero-order valence-electron chi connectivity index (χ0n) is 19.2. The highest BCUT2D eigenvalue weighted by molar-refractivity contribution is 9.10. The maximum Gasteiger partial charge on any atom is 0.434 e. The van der Waals surface area contributed by atoms with Crippen LogP contribution in [-0.2, 0) is 19.8 Å². The molecular formula is C21H17BrF5N7O2S. The van der Waals surface area contributed by atoms with Crippen molar-refractivity contribution in [1.29, 1.82) is 0 Å². The van der Waals surface area contributed by atoms with Crippen molar-refractivity contribution in [3.63, 3.8) is 0 Å². The number of fused-ring (bicyclic) bond motifs is 1. The van der Waals surface area contributed by atoms with Crippen LogP contribution in [-0.4, -0.2) is 36.4 Å². The predicted molar refractivity (Wildman–Crippen MR) is 129 cm³/mol. The second-order valence-electron chi connectivity index (χ2n) is 7.82. The third-order valence-electron chi connectivity index (χ3n) is 5.40. The Balaban J connectivity index is 1.96. The number of nitrogens with zero attached hydrogens (tertiary/aromatic N) is 5. The number of alkyl halides is 5. The number of anilines is 1. The second-order valence-corrected chi connectivity index (χ2v) is 9.61. The van der Waals surface area contributed by atoms with Gasteiger partial charge >= 0.3 is 6.18 Å². The van der Waals surface area contributed by atoms with Crippen LogP contribution in [0.1, 0.15) is 50.6 Å². The summed E-state index contributed by atoms with van der Waals surface area (Å²) in [6, 6.07) is 1.11. The summed E-state index contributed by atoms with van der Waals surface area (Å²) in [5.74, 6) is -2.09. The summed E-state index contributed by atoms with van der Waals surface area (Å²) in [6.45, 7) is 3.95. The topological polar surface area (TPSA) is 121 Å². The highest BCUT2D eigenvalue weighted by Gasteiger charge is 2.40. The molecule has 4 heterocycles. The van der Waals surface area contributed by atoms with E-state index < -0.39 is 46.0 Å². The number of carbonyl (C=O) groups is 2. The lowest BCUT2D eigenvalue weighted by atomic mass is 10.0. The number of nitrogens with one attached hydrogen (secondary N) is 1. The smallest absolute Gasteiger partial charge is 0.365 e. The van der Waals surface area contributed by atoms with Crippen LogP contribution in [0.4, 0.5) is 27.6 Å². The molecule has 2 amide bonds. The van der Waals surface area contributed by atoms with Crippen LogP contribution < -0.4 is 11.1 Å². The Kier molecular flexibility index (Phi) is 6.83. The van der Waals surface area contributed by atoms with Gasteiger partial charge in [0.2, 0.25) is 0 Å². The number of hydrogen-bond donors (Lipinski definition) is 2. The van der Waals surface area contributed by atoms with E-state index in [4.69, 9.17) is 5.73 Å². The average molecular weight is 606 g/mol. The lowest BCUT2D eigenvalue weighted by molar-refractivity contribution is -0.144. The van der Waals surface area contributed by atoms with Gasteiger partial charge in [-0.05, 0) is 41.4 Å². The van der Waals surface area contributed by atoms with E-state index in [1.807, 2.05) is 6.92 Å². The molecule has 0 unspecified atom stereocenters. The number of carbonyl (C=O) groups excluding carboxylic acids is 2. The summed E-state index contributed by atoms with van der Waals surface area (Å²) < 4.78 is 69.0. The highest BCUT2D eigenvalue weighted by atomic mass is 79.9. The zero-order chi connectivity index (χ0) is 27.4. The zero-order valence-corrected chi connectivity index (χ0v) is 21.6. The Bertz CT molecular complexity index is 1560. The van der Waals surface area contributed by atoms with Crippen LogP contribution in [0.5, 0.6) is 0 Å². The molecule has 9 nitrogen and oxygen atoms in total. The lowest BCUT2D eigenvalue weighted by Gasteiger charge is -2.10. The Morgan fingerprint density at radius 1 is 1.24 bits per heavy atom. The standard InChI is InChI=1S/C21H17BrF5N7O2S/c1-4-34-6-9(7(2)31-34)8-5-10(17(23)24)29-20-11(8)13(15(37-20)18(28)35)30-19(36)14-12(22)16(21(25,26)27)33(3)32-14/h5-6,17H,4H2,1-3H3,(H2,28,35)(H,30,36). The summed E-state index contributed by atoms with van der Waals surface area (Å²) in [6.07, 6.45) is -6.16. The molecule has 0 radical (unpaired) electrons. The first kappa shape index (κ1) is 26.7. The maximum absolute atomic E-state index is 13.7. The molecule has 37 heavy (non-hydrogen) atoms. The van der Waals surface area contributed by atoms with Crippen molar-refractivity contribution in [1.82, 2.24) is 24.5 Å². The number of primary amides is 1. The number of pyridine rings is 1. The molecule has 0 atom stereocenters. The number of thiophene rings is 1. The van der Waals surface area contributed by atoms with Crippen molar-refractivity contribution in [2.45, 2.75) is 33.0 Å². The Morgan fingerprint density at radius 2 is 1.92 bits per heavy atom. The molecule has 0 fully saturated rings. The monoisotopic (exact) mass is 605 g/mol. The van der Waals surface area contributed by atoms with Gasteiger partial charge in [-0.3, -0.25) is 19.0 Å². The van der Waals surface area contributed by atoms with E-state index in [0.29, 0.717) is 33.8 Å². The molecule has 0 saturated heterocycles. The number of hydrogen-bond acceptors (Lipinski definition) is 6. The molecule has 0 spiro atoms. The molecule has 0 saturated carbocycles. The first-order valence-corrected chi connectivity index (χ1v) is 12.1. The minimum Gasteiger partial charge on any atom is -0.365 e. The van der Waals surface area contributed by atoms with Gasteiger partial charge in [-0.2, -0.15) is 23.4 Å². The van der Waals surface area contributed by atoms with Crippen molar-refractivity contribution in [3.05, 3.63) is 44.4 Å². The summed E-state index contributed by atoms with van der Waals surface area (Å²) in [4.78, 5) is 29.0. The third kappa shape index (κ3) is 4.70. The molecule has 0 aliphatic heterocycles. The number of halogens is 6. The Morgan fingerprint density at radius 3 is 2.43 bits per heavy atom. The van der Waals surface area contributed by atoms with Gasteiger partial charge in [-0.25, -0.2) is 13.8 Å². The van der Waals surface area contributed by atoms with E-state index in [0.717, 1.165) is 13.1 Å². The minimum absolute atomic E-state index is 0.0309. The molecule has 0 aliphatic carbocycles. The summed E-state index contributed by atoms with van der Waals surface area (Å²) in [7, 11) is 1.02. The van der Waals surface area contributed by atoms with Crippen LogP contribution in [0, 0.1) is 6.92 Å². The SMILES string of the molecule is CCn1cc(-c2cc(C(F)F)nc3sc(C(N)=O)c(NC(=O)c4nn(C)c(C(F)(F)F)c4Br)c23)c(C)n1. The molecule has 4 aromatic rings. The van der Waals surface area contributed by atoms with Crippen molar-refractivity contribution >= 4 is 55.0 Å². The van der Waals surface area contributed by atoms with Crippen LogP contribution in [0.25, 0.3) is 21.3 Å². The van der Waals surface area contributed by atoms with Crippen molar-refractivity contribution in [2.75, 3.05) is 5.32 Å². The quantitative estimate of drug-likeness (QED) is 0.289. The first-order valence-electron chi connectivity index (χ1n) is 10.4. The Hall–Kier alpha value is -3.40. The Labute approximate surface area is 217 Å². The van der Waals surface area contributed by atoms with E-state index >= 15 is 0 Å². The summed E-state index contributed by atoms with van der Waals surface area (Å²) in [5, 5.41) is 10.5. The van der Waals surface area contributed by atoms with E-state index in [9.17, 15) is 31.5 Å². The number of rotatable bonds is 6. The summed E-state index contributed by atoms with van der Waals surface area (Å²) >= 11 is 3.44. The molecule has 4 rings (SSSR count). The molecule has 0 aromatic carbocycles. The number of amides is 2. The van der Waals surface area contributed by atoms with Gasteiger partial charge in [0.15, 0.2) is 11.4 Å². The largest absolute Gasteiger partial charge is 0.434 e. The first-order chi connectivity index (χ1) is 17.2. The van der Waals surface area contributed by atoms with Crippen molar-refractivity contribution in [3.8, 4) is 11.1 Å². The molecular weight excluding hydrogens is 589 g/mol. The highest BCUT2D eigenvalue weighted by Crippen LogP contribution is 2.44. The van der Waals surface area contributed by atoms with Gasteiger partial charge in [-0.15, -0.1) is 11.3 Å². The number of nitrogens with two attached hydrogens (primary N) is 1.